The number of amides is 1. The molecule has 118 valence electrons. The molecule has 0 bridgehead atoms. The highest BCUT2D eigenvalue weighted by Crippen LogP contribution is 2.21. The predicted molar refractivity (Wildman–Crippen MR) is 81.9 cm³/mol. The smallest absolute Gasteiger partial charge is 0.249 e. The Labute approximate surface area is 130 Å². The molecule has 2 rings (SSSR count). The molecule has 1 aliphatic heterocycles. The Bertz CT molecular complexity index is 499. The molecule has 1 amide bonds. The Kier molecular flexibility index (Phi) is 6.58. The van der Waals surface area contributed by atoms with Gasteiger partial charge in [-0.05, 0) is 43.9 Å². The molecular formula is C15H22ClFN2O2. The zero-order chi connectivity index (χ0) is 14.7. The van der Waals surface area contributed by atoms with Crippen LogP contribution in [0, 0.1) is 12.7 Å². The maximum Gasteiger partial charge on any atom is 0.249 e. The van der Waals surface area contributed by atoms with Crippen molar-refractivity contribution in [3.63, 3.8) is 0 Å². The third-order valence-corrected chi connectivity index (χ3v) is 3.70. The zero-order valence-corrected chi connectivity index (χ0v) is 13.1. The number of ether oxygens (including phenoxy) is 1. The molecule has 4 nitrogen and oxygen atoms in total. The first-order valence-corrected chi connectivity index (χ1v) is 6.93. The van der Waals surface area contributed by atoms with E-state index in [-0.39, 0.29) is 36.3 Å². The maximum atomic E-state index is 13.2. The van der Waals surface area contributed by atoms with E-state index in [2.05, 4.69) is 5.32 Å². The van der Waals surface area contributed by atoms with Crippen molar-refractivity contribution in [3.8, 4) is 0 Å². The quantitative estimate of drug-likeness (QED) is 0.895. The number of rotatable bonds is 4. The number of carbonyl (C=O) groups excluding carboxylic acids is 1. The van der Waals surface area contributed by atoms with Gasteiger partial charge in [0.25, 0.3) is 0 Å². The van der Waals surface area contributed by atoms with E-state index in [0.717, 1.165) is 12.0 Å². The lowest BCUT2D eigenvalue weighted by atomic mass is 10.0. The van der Waals surface area contributed by atoms with E-state index >= 15 is 0 Å². The van der Waals surface area contributed by atoms with Crippen molar-refractivity contribution >= 4 is 18.3 Å². The molecule has 0 radical (unpaired) electrons. The van der Waals surface area contributed by atoms with Crippen molar-refractivity contribution in [2.45, 2.75) is 44.9 Å². The first-order valence-electron chi connectivity index (χ1n) is 6.93. The van der Waals surface area contributed by atoms with Crippen molar-refractivity contribution in [2.24, 2.45) is 5.73 Å². The number of nitrogens with two attached hydrogens (primary N) is 1. The van der Waals surface area contributed by atoms with Gasteiger partial charge in [0.1, 0.15) is 11.9 Å². The standard InChI is InChI=1S/C15H21FN2O2.ClH/c1-9-7-11(3-5-13(9)16)10(2)18-15(19)14-6-4-12(8-17)20-14;/h3,5,7,10,12,14H,4,6,8,17H2,1-2H3,(H,18,19);1H/t10?,12-,14+;/m1./s1. The number of carbonyl (C=O) groups is 1. The fourth-order valence-electron chi connectivity index (χ4n) is 2.40. The molecule has 0 aliphatic carbocycles. The molecule has 1 aromatic rings. The third kappa shape index (κ3) is 4.40. The van der Waals surface area contributed by atoms with Crippen LogP contribution in [0.3, 0.4) is 0 Å². The Hall–Kier alpha value is -1.17. The lowest BCUT2D eigenvalue weighted by molar-refractivity contribution is -0.132. The van der Waals surface area contributed by atoms with E-state index in [1.165, 1.54) is 6.07 Å². The minimum atomic E-state index is -0.424. The summed E-state index contributed by atoms with van der Waals surface area (Å²) in [6.07, 6.45) is 1.07. The number of nitrogens with one attached hydrogen (secondary N) is 1. The summed E-state index contributed by atoms with van der Waals surface area (Å²) >= 11 is 0. The molecule has 3 N–H and O–H groups in total. The van der Waals surface area contributed by atoms with Crippen LogP contribution in [-0.4, -0.2) is 24.7 Å². The van der Waals surface area contributed by atoms with Gasteiger partial charge in [0.2, 0.25) is 5.91 Å². The summed E-state index contributed by atoms with van der Waals surface area (Å²) < 4.78 is 18.8. The second-order valence-electron chi connectivity index (χ2n) is 5.30. The summed E-state index contributed by atoms with van der Waals surface area (Å²) in [4.78, 5) is 12.1. The van der Waals surface area contributed by atoms with Gasteiger partial charge in [-0.15, -0.1) is 12.4 Å². The lowest BCUT2D eigenvalue weighted by Gasteiger charge is -2.18. The first-order chi connectivity index (χ1) is 9.51. The normalized spacial score (nSPS) is 22.5. The Morgan fingerprint density at radius 2 is 2.24 bits per heavy atom. The monoisotopic (exact) mass is 316 g/mol. The molecule has 1 aromatic carbocycles. The topological polar surface area (TPSA) is 64.4 Å². The first kappa shape index (κ1) is 17.9. The number of halogens is 2. The van der Waals surface area contributed by atoms with Gasteiger partial charge in [-0.1, -0.05) is 12.1 Å². The summed E-state index contributed by atoms with van der Waals surface area (Å²) in [6.45, 7) is 4.02. The third-order valence-electron chi connectivity index (χ3n) is 3.70. The molecule has 1 saturated heterocycles. The van der Waals surface area contributed by atoms with Crippen molar-refractivity contribution in [1.82, 2.24) is 5.32 Å². The van der Waals surface area contributed by atoms with Crippen molar-refractivity contribution < 1.29 is 13.9 Å². The maximum absolute atomic E-state index is 13.2. The van der Waals surface area contributed by atoms with E-state index in [1.54, 1.807) is 19.1 Å². The number of hydrogen-bond donors (Lipinski definition) is 2. The summed E-state index contributed by atoms with van der Waals surface area (Å²) in [5.41, 5.74) is 6.98. The summed E-state index contributed by atoms with van der Waals surface area (Å²) in [6, 6.07) is 4.68. The van der Waals surface area contributed by atoms with E-state index in [1.807, 2.05) is 6.92 Å². The Morgan fingerprint density at radius 3 is 2.81 bits per heavy atom. The van der Waals surface area contributed by atoms with Gasteiger partial charge in [-0.3, -0.25) is 4.79 Å². The van der Waals surface area contributed by atoms with Crippen molar-refractivity contribution in [2.75, 3.05) is 6.54 Å². The van der Waals surface area contributed by atoms with Crippen LogP contribution in [-0.2, 0) is 9.53 Å². The number of aryl methyl sites for hydroxylation is 1. The predicted octanol–water partition coefficient (Wildman–Crippen LogP) is 2.24. The second-order valence-corrected chi connectivity index (χ2v) is 5.30. The Balaban J connectivity index is 0.00000220. The Morgan fingerprint density at radius 1 is 1.52 bits per heavy atom. The summed E-state index contributed by atoms with van der Waals surface area (Å²) in [5.74, 6) is -0.368. The molecule has 6 heteroatoms. The fraction of sp³-hybridized carbons (Fsp3) is 0.533. The highest BCUT2D eigenvalue weighted by molar-refractivity contribution is 5.85. The highest BCUT2D eigenvalue weighted by Gasteiger charge is 2.30. The molecule has 0 aromatic heterocycles. The molecule has 1 unspecified atom stereocenters. The second kappa shape index (κ2) is 7.73. The SMILES string of the molecule is Cc1cc(C(C)NC(=O)[C@@H]2CC[C@H](CN)O2)ccc1F.Cl. The van der Waals surface area contributed by atoms with Gasteiger partial charge in [0.05, 0.1) is 12.1 Å². The van der Waals surface area contributed by atoms with Crippen LogP contribution in [0.4, 0.5) is 4.39 Å². The average Bonchev–Trinajstić information content (AvgIpc) is 2.90. The average molecular weight is 317 g/mol. The van der Waals surface area contributed by atoms with E-state index in [4.69, 9.17) is 10.5 Å². The molecule has 1 heterocycles. The highest BCUT2D eigenvalue weighted by atomic mass is 35.5. The molecule has 1 aliphatic rings. The molecule has 1 fully saturated rings. The molecule has 0 saturated carbocycles. The number of benzene rings is 1. The van der Waals surface area contributed by atoms with Crippen LogP contribution in [0.2, 0.25) is 0 Å². The van der Waals surface area contributed by atoms with Crippen LogP contribution in [0.25, 0.3) is 0 Å². The molecule has 3 atom stereocenters. The van der Waals surface area contributed by atoms with E-state index in [9.17, 15) is 9.18 Å². The lowest BCUT2D eigenvalue weighted by Crippen LogP contribution is -2.37. The van der Waals surface area contributed by atoms with Crippen LogP contribution >= 0.6 is 12.4 Å². The van der Waals surface area contributed by atoms with Crippen LogP contribution in [0.1, 0.15) is 36.9 Å². The minimum Gasteiger partial charge on any atom is -0.364 e. The van der Waals surface area contributed by atoms with E-state index in [0.29, 0.717) is 18.5 Å². The van der Waals surface area contributed by atoms with Gasteiger partial charge < -0.3 is 15.8 Å². The minimum absolute atomic E-state index is 0. The fourth-order valence-corrected chi connectivity index (χ4v) is 2.40. The zero-order valence-electron chi connectivity index (χ0n) is 12.3. The van der Waals surface area contributed by atoms with Crippen LogP contribution in [0.5, 0.6) is 0 Å². The van der Waals surface area contributed by atoms with Crippen LogP contribution < -0.4 is 11.1 Å². The largest absolute Gasteiger partial charge is 0.364 e. The van der Waals surface area contributed by atoms with Crippen molar-refractivity contribution in [1.29, 1.82) is 0 Å². The number of hydrogen-bond acceptors (Lipinski definition) is 3. The van der Waals surface area contributed by atoms with E-state index < -0.39 is 6.10 Å². The van der Waals surface area contributed by atoms with Gasteiger partial charge >= 0.3 is 0 Å². The molecular weight excluding hydrogens is 295 g/mol. The molecule has 21 heavy (non-hydrogen) atoms. The van der Waals surface area contributed by atoms with Crippen molar-refractivity contribution in [3.05, 3.63) is 35.1 Å². The van der Waals surface area contributed by atoms with Gasteiger partial charge in [-0.25, -0.2) is 4.39 Å². The summed E-state index contributed by atoms with van der Waals surface area (Å²) in [7, 11) is 0. The summed E-state index contributed by atoms with van der Waals surface area (Å²) in [5, 5.41) is 2.90. The molecule has 0 spiro atoms. The van der Waals surface area contributed by atoms with Gasteiger partial charge in [-0.2, -0.15) is 0 Å². The van der Waals surface area contributed by atoms with Gasteiger partial charge in [0, 0.05) is 6.54 Å². The van der Waals surface area contributed by atoms with Gasteiger partial charge in [0.15, 0.2) is 0 Å². The van der Waals surface area contributed by atoms with Crippen LogP contribution in [0.15, 0.2) is 18.2 Å².